The van der Waals surface area contributed by atoms with Crippen LogP contribution in [0.25, 0.3) is 0 Å². The number of sulfone groups is 1. The quantitative estimate of drug-likeness (QED) is 0.661. The maximum atomic E-state index is 12.7. The van der Waals surface area contributed by atoms with Crippen LogP contribution in [0, 0.1) is 0 Å². The van der Waals surface area contributed by atoms with Crippen LogP contribution in [0.3, 0.4) is 0 Å². The first-order valence-corrected chi connectivity index (χ1v) is 10.1. The highest BCUT2D eigenvalue weighted by Gasteiger charge is 2.21. The molecule has 0 saturated heterocycles. The van der Waals surface area contributed by atoms with Crippen LogP contribution in [-0.2, 0) is 27.7 Å². The lowest BCUT2D eigenvalue weighted by atomic mass is 10.2. The van der Waals surface area contributed by atoms with Crippen LogP contribution in [-0.4, -0.2) is 24.1 Å². The molecule has 0 saturated carbocycles. The van der Waals surface area contributed by atoms with E-state index in [0.717, 1.165) is 22.4 Å². The van der Waals surface area contributed by atoms with Gasteiger partial charge in [-0.25, -0.2) is 13.1 Å². The number of hydrogen-bond acceptors (Lipinski definition) is 5. The van der Waals surface area contributed by atoms with Crippen molar-refractivity contribution in [1.29, 1.82) is 0 Å². The van der Waals surface area contributed by atoms with E-state index in [9.17, 15) is 18.0 Å². The lowest BCUT2D eigenvalue weighted by Crippen LogP contribution is -2.33. The Hall–Kier alpha value is -2.97. The van der Waals surface area contributed by atoms with Gasteiger partial charge in [0.25, 0.3) is 5.56 Å². The first-order chi connectivity index (χ1) is 13.4. The van der Waals surface area contributed by atoms with E-state index in [0.29, 0.717) is 5.02 Å². The summed E-state index contributed by atoms with van der Waals surface area (Å²) in [5.74, 6) is -0.459. The number of halogens is 1. The number of amides is 1. The fourth-order valence-corrected chi connectivity index (χ4v) is 3.72. The summed E-state index contributed by atoms with van der Waals surface area (Å²) in [6, 6.07) is 17.0. The zero-order valence-corrected chi connectivity index (χ0v) is 16.2. The molecule has 0 bridgehead atoms. The van der Waals surface area contributed by atoms with E-state index in [1.54, 1.807) is 0 Å². The Morgan fingerprint density at radius 1 is 1.00 bits per heavy atom. The molecule has 1 aromatic heterocycles. The number of benzene rings is 2. The average molecular weight is 418 g/mol. The number of nitrogens with zero attached hydrogens (tertiary/aromatic N) is 2. The summed E-state index contributed by atoms with van der Waals surface area (Å²) in [7, 11) is -3.95. The molecule has 1 amide bonds. The third-order valence-corrected chi connectivity index (χ3v) is 5.78. The van der Waals surface area contributed by atoms with Crippen molar-refractivity contribution in [3.63, 3.8) is 0 Å². The van der Waals surface area contributed by atoms with Crippen LogP contribution in [0.15, 0.2) is 81.4 Å². The Kier molecular flexibility index (Phi) is 5.91. The summed E-state index contributed by atoms with van der Waals surface area (Å²) >= 11 is 5.78. The summed E-state index contributed by atoms with van der Waals surface area (Å²) in [5, 5.41) is 6.60. The first-order valence-electron chi connectivity index (χ1n) is 8.26. The minimum Gasteiger partial charge on any atom is -0.350 e. The lowest BCUT2D eigenvalue weighted by molar-refractivity contribution is -0.122. The van der Waals surface area contributed by atoms with Gasteiger partial charge in [0.05, 0.1) is 4.90 Å². The average Bonchev–Trinajstić information content (AvgIpc) is 2.69. The first kappa shape index (κ1) is 19.8. The van der Waals surface area contributed by atoms with Crippen molar-refractivity contribution in [3.05, 3.63) is 87.7 Å². The number of carbonyl (C=O) groups is 1. The Bertz CT molecular complexity index is 1140. The zero-order chi connectivity index (χ0) is 20.1. The van der Waals surface area contributed by atoms with Crippen molar-refractivity contribution in [2.45, 2.75) is 23.0 Å². The number of nitrogens with one attached hydrogen (secondary N) is 1. The van der Waals surface area contributed by atoms with Crippen LogP contribution >= 0.6 is 11.6 Å². The predicted octanol–water partition coefficient (Wildman–Crippen LogP) is 2.05. The molecule has 2 aromatic carbocycles. The van der Waals surface area contributed by atoms with Gasteiger partial charge in [0.15, 0.2) is 5.03 Å². The Balaban J connectivity index is 1.78. The van der Waals surface area contributed by atoms with Gasteiger partial charge in [0, 0.05) is 17.6 Å². The van der Waals surface area contributed by atoms with E-state index in [1.165, 1.54) is 24.3 Å². The van der Waals surface area contributed by atoms with Crippen molar-refractivity contribution >= 4 is 27.3 Å². The highest BCUT2D eigenvalue weighted by molar-refractivity contribution is 7.91. The summed E-state index contributed by atoms with van der Waals surface area (Å²) in [6.45, 7) is -0.104. The molecule has 0 fully saturated rings. The highest BCUT2D eigenvalue weighted by atomic mass is 35.5. The van der Waals surface area contributed by atoms with Crippen molar-refractivity contribution < 1.29 is 13.2 Å². The molecule has 144 valence electrons. The van der Waals surface area contributed by atoms with Crippen LogP contribution in [0.4, 0.5) is 0 Å². The van der Waals surface area contributed by atoms with Gasteiger partial charge in [-0.1, -0.05) is 41.9 Å². The smallest absolute Gasteiger partial charge is 0.267 e. The molecule has 0 radical (unpaired) electrons. The molecule has 3 rings (SSSR count). The minimum atomic E-state index is -3.95. The molecule has 0 aliphatic rings. The highest BCUT2D eigenvalue weighted by Crippen LogP contribution is 2.20. The Labute approximate surface area is 166 Å². The molecule has 0 aliphatic carbocycles. The van der Waals surface area contributed by atoms with Crippen molar-refractivity contribution in [1.82, 2.24) is 15.1 Å². The molecular formula is C19H16ClN3O4S. The second kappa shape index (κ2) is 8.37. The maximum absolute atomic E-state index is 12.7. The van der Waals surface area contributed by atoms with Gasteiger partial charge < -0.3 is 5.32 Å². The molecule has 1 N–H and O–H groups in total. The van der Waals surface area contributed by atoms with Gasteiger partial charge in [-0.15, -0.1) is 0 Å². The predicted molar refractivity (Wildman–Crippen MR) is 104 cm³/mol. The third kappa shape index (κ3) is 4.65. The van der Waals surface area contributed by atoms with E-state index < -0.39 is 27.8 Å². The van der Waals surface area contributed by atoms with E-state index in [2.05, 4.69) is 10.4 Å². The molecule has 28 heavy (non-hydrogen) atoms. The SMILES string of the molecule is O=C(Cn1nc(S(=O)(=O)c2ccc(Cl)cc2)ccc1=O)NCc1ccccc1. The van der Waals surface area contributed by atoms with Crippen LogP contribution in [0.1, 0.15) is 5.56 Å². The summed E-state index contributed by atoms with van der Waals surface area (Å²) < 4.78 is 26.2. The second-order valence-corrected chi connectivity index (χ2v) is 8.22. The van der Waals surface area contributed by atoms with Crippen molar-refractivity contribution in [2.75, 3.05) is 0 Å². The van der Waals surface area contributed by atoms with Crippen molar-refractivity contribution in [3.8, 4) is 0 Å². The Morgan fingerprint density at radius 3 is 2.36 bits per heavy atom. The summed E-state index contributed by atoms with van der Waals surface area (Å²) in [5.41, 5.74) is 0.320. The minimum absolute atomic E-state index is 0.0110. The normalized spacial score (nSPS) is 11.2. The number of hydrogen-bond donors (Lipinski definition) is 1. The fraction of sp³-hybridized carbons (Fsp3) is 0.105. The van der Waals surface area contributed by atoms with E-state index in [-0.39, 0.29) is 16.5 Å². The number of aromatic nitrogens is 2. The second-order valence-electron chi connectivity index (χ2n) is 5.89. The molecule has 0 aliphatic heterocycles. The number of rotatable bonds is 6. The van der Waals surface area contributed by atoms with Crippen LogP contribution < -0.4 is 10.9 Å². The summed E-state index contributed by atoms with van der Waals surface area (Å²) in [6.07, 6.45) is 0. The fourth-order valence-electron chi connectivity index (χ4n) is 2.41. The van der Waals surface area contributed by atoms with Gasteiger partial charge in [0.1, 0.15) is 6.54 Å². The zero-order valence-electron chi connectivity index (χ0n) is 14.6. The molecule has 3 aromatic rings. The van der Waals surface area contributed by atoms with E-state index in [4.69, 9.17) is 11.6 Å². The van der Waals surface area contributed by atoms with Crippen LogP contribution in [0.2, 0.25) is 5.02 Å². The van der Waals surface area contributed by atoms with Crippen LogP contribution in [0.5, 0.6) is 0 Å². The number of carbonyl (C=O) groups excluding carboxylic acids is 1. The van der Waals surface area contributed by atoms with Crippen molar-refractivity contribution in [2.24, 2.45) is 0 Å². The summed E-state index contributed by atoms with van der Waals surface area (Å²) in [4.78, 5) is 24.1. The third-order valence-electron chi connectivity index (χ3n) is 3.87. The monoisotopic (exact) mass is 417 g/mol. The topological polar surface area (TPSA) is 98.1 Å². The molecule has 0 atom stereocenters. The van der Waals surface area contributed by atoms with Gasteiger partial charge >= 0.3 is 0 Å². The molecule has 0 spiro atoms. The molecule has 9 heteroatoms. The molecular weight excluding hydrogens is 402 g/mol. The molecule has 0 unspecified atom stereocenters. The molecule has 1 heterocycles. The van der Waals surface area contributed by atoms with Gasteiger partial charge in [-0.3, -0.25) is 9.59 Å². The Morgan fingerprint density at radius 2 is 1.68 bits per heavy atom. The largest absolute Gasteiger partial charge is 0.350 e. The van der Waals surface area contributed by atoms with Gasteiger partial charge in [-0.05, 0) is 35.9 Å². The van der Waals surface area contributed by atoms with Gasteiger partial charge in [-0.2, -0.15) is 5.10 Å². The molecule has 7 nitrogen and oxygen atoms in total. The van der Waals surface area contributed by atoms with E-state index in [1.807, 2.05) is 30.3 Å². The standard InChI is InChI=1S/C19H16ClN3O4S/c20-15-6-8-16(9-7-15)28(26,27)18-10-11-19(25)23(22-18)13-17(24)21-12-14-4-2-1-3-5-14/h1-11H,12-13H2,(H,21,24). The van der Waals surface area contributed by atoms with E-state index >= 15 is 0 Å². The maximum Gasteiger partial charge on any atom is 0.267 e. The lowest BCUT2D eigenvalue weighted by Gasteiger charge is -2.09. The van der Waals surface area contributed by atoms with Gasteiger partial charge in [0.2, 0.25) is 15.7 Å².